The molecule has 2 aliphatic carbocycles. The number of carbonyl (C=O) groups excluding carboxylic acids is 2. The second-order valence-electron chi connectivity index (χ2n) is 10.3. The predicted octanol–water partition coefficient (Wildman–Crippen LogP) is 5.26. The molecule has 0 bridgehead atoms. The molecule has 0 atom stereocenters. The largest absolute Gasteiger partial charge is 0.335 e. The Morgan fingerprint density at radius 3 is 1.97 bits per heavy atom. The van der Waals surface area contributed by atoms with Gasteiger partial charge in [-0.25, -0.2) is 0 Å². The molecule has 0 unspecified atom stereocenters. The van der Waals surface area contributed by atoms with Gasteiger partial charge in [0.1, 0.15) is 12.1 Å². The van der Waals surface area contributed by atoms with Crippen molar-refractivity contribution < 1.29 is 14.5 Å². The molecular formula is C28H44N4O4. The number of hydrogen-bond donors (Lipinski definition) is 0. The Morgan fingerprint density at radius 1 is 0.889 bits per heavy atom. The van der Waals surface area contributed by atoms with Crippen LogP contribution in [0.3, 0.4) is 0 Å². The van der Waals surface area contributed by atoms with Gasteiger partial charge in [-0.05, 0) is 57.8 Å². The van der Waals surface area contributed by atoms with Crippen LogP contribution in [0.5, 0.6) is 0 Å². The standard InChI is InChI=1S/C28H44N4O4/c1-3-29(4-2)20-13-21-30(28(34)25-18-11-12-19-26(25)32(35)36)22-27(33)31(23-14-7-5-8-15-23)24-16-9-6-10-17-24/h11-12,18-19,23-24H,3-10,13-17,20-22H2,1-2H3. The number of rotatable bonds is 12. The number of hydrogen-bond acceptors (Lipinski definition) is 5. The van der Waals surface area contributed by atoms with Crippen molar-refractivity contribution in [1.29, 1.82) is 0 Å². The summed E-state index contributed by atoms with van der Waals surface area (Å²) in [4.78, 5) is 44.6. The lowest BCUT2D eigenvalue weighted by molar-refractivity contribution is -0.385. The highest BCUT2D eigenvalue weighted by Gasteiger charge is 2.34. The lowest BCUT2D eigenvalue weighted by Gasteiger charge is -2.42. The molecule has 8 nitrogen and oxygen atoms in total. The monoisotopic (exact) mass is 500 g/mol. The first kappa shape index (κ1) is 28.1. The smallest absolute Gasteiger partial charge is 0.282 e. The van der Waals surface area contributed by atoms with Gasteiger partial charge in [0.05, 0.1) is 4.92 Å². The summed E-state index contributed by atoms with van der Waals surface area (Å²) in [7, 11) is 0. The first-order chi connectivity index (χ1) is 17.5. The van der Waals surface area contributed by atoms with Crippen LogP contribution in [-0.4, -0.2) is 76.2 Å². The molecule has 0 N–H and O–H groups in total. The number of nitrogens with zero attached hydrogens (tertiary/aromatic N) is 4. The first-order valence-corrected chi connectivity index (χ1v) is 14.0. The van der Waals surface area contributed by atoms with Gasteiger partial charge in [0.25, 0.3) is 11.6 Å². The molecule has 0 spiro atoms. The van der Waals surface area contributed by atoms with E-state index in [9.17, 15) is 19.7 Å². The normalized spacial score (nSPS) is 17.2. The quantitative estimate of drug-likeness (QED) is 0.288. The third-order valence-corrected chi connectivity index (χ3v) is 7.97. The molecule has 0 aromatic heterocycles. The average molecular weight is 501 g/mol. The van der Waals surface area contributed by atoms with E-state index in [0.29, 0.717) is 13.0 Å². The van der Waals surface area contributed by atoms with E-state index >= 15 is 0 Å². The number of benzene rings is 1. The molecule has 0 radical (unpaired) electrons. The van der Waals surface area contributed by atoms with Gasteiger partial charge >= 0.3 is 0 Å². The van der Waals surface area contributed by atoms with E-state index in [2.05, 4.69) is 23.6 Å². The van der Waals surface area contributed by atoms with Gasteiger partial charge in [-0.15, -0.1) is 0 Å². The molecule has 2 fully saturated rings. The summed E-state index contributed by atoms with van der Waals surface area (Å²) in [6, 6.07) is 6.56. The van der Waals surface area contributed by atoms with Crippen LogP contribution in [0.4, 0.5) is 5.69 Å². The van der Waals surface area contributed by atoms with Crippen LogP contribution in [0.15, 0.2) is 24.3 Å². The number of carbonyl (C=O) groups is 2. The Balaban J connectivity index is 1.83. The summed E-state index contributed by atoms with van der Waals surface area (Å²) < 4.78 is 0. The highest BCUT2D eigenvalue weighted by molar-refractivity contribution is 5.99. The van der Waals surface area contributed by atoms with Crippen LogP contribution >= 0.6 is 0 Å². The summed E-state index contributed by atoms with van der Waals surface area (Å²) in [5, 5.41) is 11.6. The zero-order chi connectivity index (χ0) is 25.9. The second-order valence-corrected chi connectivity index (χ2v) is 10.3. The van der Waals surface area contributed by atoms with Crippen molar-refractivity contribution in [3.05, 3.63) is 39.9 Å². The van der Waals surface area contributed by atoms with Crippen LogP contribution in [-0.2, 0) is 4.79 Å². The van der Waals surface area contributed by atoms with Gasteiger partial charge < -0.3 is 14.7 Å². The molecule has 200 valence electrons. The van der Waals surface area contributed by atoms with Gasteiger partial charge in [-0.2, -0.15) is 0 Å². The minimum Gasteiger partial charge on any atom is -0.335 e. The molecule has 2 saturated carbocycles. The molecule has 1 aromatic carbocycles. The SMILES string of the molecule is CCN(CC)CCCN(CC(=O)N(C1CCCCC1)C1CCCCC1)C(=O)c1ccccc1[N+](=O)[O-]. The van der Waals surface area contributed by atoms with Gasteiger partial charge in [-0.1, -0.05) is 64.5 Å². The number of para-hydroxylation sites is 1. The zero-order valence-corrected chi connectivity index (χ0v) is 22.2. The number of amides is 2. The maximum atomic E-state index is 13.9. The van der Waals surface area contributed by atoms with E-state index in [-0.39, 0.29) is 35.8 Å². The van der Waals surface area contributed by atoms with E-state index in [1.54, 1.807) is 17.0 Å². The van der Waals surface area contributed by atoms with E-state index < -0.39 is 10.8 Å². The zero-order valence-electron chi connectivity index (χ0n) is 22.2. The topological polar surface area (TPSA) is 87.0 Å². The van der Waals surface area contributed by atoms with Gasteiger partial charge in [0, 0.05) is 24.7 Å². The van der Waals surface area contributed by atoms with E-state index in [0.717, 1.165) is 71.0 Å². The Kier molecular flexibility index (Phi) is 11.2. The van der Waals surface area contributed by atoms with E-state index in [1.165, 1.54) is 25.0 Å². The van der Waals surface area contributed by atoms with Gasteiger partial charge in [-0.3, -0.25) is 19.7 Å². The molecule has 1 aromatic rings. The maximum Gasteiger partial charge on any atom is 0.282 e. The Bertz CT molecular complexity index is 843. The average Bonchev–Trinajstić information content (AvgIpc) is 2.91. The van der Waals surface area contributed by atoms with Crippen molar-refractivity contribution in [1.82, 2.24) is 14.7 Å². The Labute approximate surface area is 216 Å². The van der Waals surface area contributed by atoms with Crippen LogP contribution < -0.4 is 0 Å². The fourth-order valence-electron chi connectivity index (χ4n) is 5.93. The van der Waals surface area contributed by atoms with E-state index in [1.807, 2.05) is 0 Å². The van der Waals surface area contributed by atoms with E-state index in [4.69, 9.17) is 0 Å². The minimum atomic E-state index is -0.514. The fraction of sp³-hybridized carbons (Fsp3) is 0.714. The van der Waals surface area contributed by atoms with Crippen molar-refractivity contribution >= 4 is 17.5 Å². The third kappa shape index (κ3) is 7.51. The Morgan fingerprint density at radius 2 is 1.44 bits per heavy atom. The molecule has 0 heterocycles. The molecular weight excluding hydrogens is 456 g/mol. The summed E-state index contributed by atoms with van der Waals surface area (Å²) in [6.45, 7) is 7.25. The van der Waals surface area contributed by atoms with Crippen LogP contribution in [0.1, 0.15) is 94.8 Å². The molecule has 0 saturated heterocycles. The maximum absolute atomic E-state index is 13.9. The number of nitro benzene ring substituents is 1. The minimum absolute atomic E-state index is 0.00331. The lowest BCUT2D eigenvalue weighted by Crippen LogP contribution is -2.53. The van der Waals surface area contributed by atoms with Crippen LogP contribution in [0.2, 0.25) is 0 Å². The summed E-state index contributed by atoms with van der Waals surface area (Å²) in [5.41, 5.74) is -0.153. The second kappa shape index (κ2) is 14.3. The van der Waals surface area contributed by atoms with Gasteiger partial charge in [0.15, 0.2) is 0 Å². The van der Waals surface area contributed by atoms with Crippen molar-refractivity contribution in [2.75, 3.05) is 32.7 Å². The summed E-state index contributed by atoms with van der Waals surface area (Å²) >= 11 is 0. The van der Waals surface area contributed by atoms with Crippen LogP contribution in [0.25, 0.3) is 0 Å². The summed E-state index contributed by atoms with van der Waals surface area (Å²) in [5.74, 6) is -0.425. The third-order valence-electron chi connectivity index (χ3n) is 7.97. The predicted molar refractivity (Wildman–Crippen MR) is 142 cm³/mol. The van der Waals surface area contributed by atoms with Crippen molar-refractivity contribution in [3.8, 4) is 0 Å². The van der Waals surface area contributed by atoms with Crippen molar-refractivity contribution in [3.63, 3.8) is 0 Å². The lowest BCUT2D eigenvalue weighted by atomic mass is 9.88. The van der Waals surface area contributed by atoms with Crippen LogP contribution in [0, 0.1) is 10.1 Å². The highest BCUT2D eigenvalue weighted by Crippen LogP contribution is 2.31. The van der Waals surface area contributed by atoms with Crippen molar-refractivity contribution in [2.24, 2.45) is 0 Å². The highest BCUT2D eigenvalue weighted by atomic mass is 16.6. The Hall–Kier alpha value is -2.48. The molecule has 2 amide bonds. The molecule has 2 aliphatic rings. The first-order valence-electron chi connectivity index (χ1n) is 14.0. The number of nitro groups is 1. The summed E-state index contributed by atoms with van der Waals surface area (Å²) in [6.07, 6.45) is 11.8. The molecule has 0 aliphatic heterocycles. The van der Waals surface area contributed by atoms with Crippen molar-refractivity contribution in [2.45, 2.75) is 96.6 Å². The molecule has 8 heteroatoms. The fourth-order valence-corrected chi connectivity index (χ4v) is 5.93. The molecule has 36 heavy (non-hydrogen) atoms. The molecule has 3 rings (SSSR count). The van der Waals surface area contributed by atoms with Gasteiger partial charge in [0.2, 0.25) is 5.91 Å².